The molecule has 2 rings (SSSR count). The molecule has 1 aliphatic heterocycles. The number of rotatable bonds is 3. The molecule has 1 saturated carbocycles. The first-order valence-electron chi connectivity index (χ1n) is 6.81. The molecule has 1 saturated heterocycles. The minimum absolute atomic E-state index is 0.0341. The second-order valence-electron chi connectivity index (χ2n) is 5.70. The molecule has 0 radical (unpaired) electrons. The lowest BCUT2D eigenvalue weighted by Crippen LogP contribution is -2.62. The minimum atomic E-state index is 0.0341. The fraction of sp³-hybridized carbons (Fsp3) is 0.923. The molecular formula is C13H25N3O. The maximum absolute atomic E-state index is 11.8. The van der Waals surface area contributed by atoms with Crippen molar-refractivity contribution in [1.82, 2.24) is 15.5 Å². The van der Waals surface area contributed by atoms with Crippen LogP contribution in [0.2, 0.25) is 0 Å². The molecule has 17 heavy (non-hydrogen) atoms. The molecule has 98 valence electrons. The SMILES string of the molecule is CNC(=O)C1CNCCN1C1CC(C(C)C)C1. The van der Waals surface area contributed by atoms with Crippen LogP contribution in [0.5, 0.6) is 0 Å². The summed E-state index contributed by atoms with van der Waals surface area (Å²) in [5.41, 5.74) is 0. The number of hydrogen-bond acceptors (Lipinski definition) is 3. The monoisotopic (exact) mass is 239 g/mol. The van der Waals surface area contributed by atoms with Crippen LogP contribution in [0.25, 0.3) is 0 Å². The fourth-order valence-corrected chi connectivity index (χ4v) is 3.01. The van der Waals surface area contributed by atoms with Crippen molar-refractivity contribution in [3.63, 3.8) is 0 Å². The van der Waals surface area contributed by atoms with Gasteiger partial charge in [0, 0.05) is 32.7 Å². The number of piperazine rings is 1. The molecule has 0 aromatic heterocycles. The van der Waals surface area contributed by atoms with Gasteiger partial charge in [-0.2, -0.15) is 0 Å². The van der Waals surface area contributed by atoms with E-state index in [1.807, 2.05) is 0 Å². The van der Waals surface area contributed by atoms with E-state index in [0.717, 1.165) is 31.5 Å². The molecule has 2 N–H and O–H groups in total. The maximum Gasteiger partial charge on any atom is 0.238 e. The van der Waals surface area contributed by atoms with Gasteiger partial charge < -0.3 is 10.6 Å². The molecule has 2 fully saturated rings. The number of nitrogens with one attached hydrogen (secondary N) is 2. The molecule has 0 bridgehead atoms. The third-order valence-corrected chi connectivity index (χ3v) is 4.40. The molecular weight excluding hydrogens is 214 g/mol. The average molecular weight is 239 g/mol. The van der Waals surface area contributed by atoms with Gasteiger partial charge in [-0.3, -0.25) is 9.69 Å². The highest BCUT2D eigenvalue weighted by Gasteiger charge is 2.40. The van der Waals surface area contributed by atoms with E-state index in [9.17, 15) is 4.79 Å². The summed E-state index contributed by atoms with van der Waals surface area (Å²) in [7, 11) is 1.73. The molecule has 0 aromatic rings. The van der Waals surface area contributed by atoms with Crippen LogP contribution in [0.1, 0.15) is 26.7 Å². The lowest BCUT2D eigenvalue weighted by atomic mass is 9.72. The Kier molecular flexibility index (Phi) is 4.05. The predicted molar refractivity (Wildman–Crippen MR) is 68.8 cm³/mol. The zero-order chi connectivity index (χ0) is 12.4. The Labute approximate surface area is 104 Å². The van der Waals surface area contributed by atoms with Crippen LogP contribution in [0.4, 0.5) is 0 Å². The van der Waals surface area contributed by atoms with Gasteiger partial charge in [-0.15, -0.1) is 0 Å². The number of carbonyl (C=O) groups is 1. The second-order valence-corrected chi connectivity index (χ2v) is 5.70. The Bertz CT molecular complexity index is 274. The van der Waals surface area contributed by atoms with Gasteiger partial charge in [0.1, 0.15) is 6.04 Å². The van der Waals surface area contributed by atoms with Gasteiger partial charge in [-0.25, -0.2) is 0 Å². The number of nitrogens with zero attached hydrogens (tertiary/aromatic N) is 1. The predicted octanol–water partition coefficient (Wildman–Crippen LogP) is 0.441. The lowest BCUT2D eigenvalue weighted by Gasteiger charge is -2.49. The van der Waals surface area contributed by atoms with Crippen LogP contribution < -0.4 is 10.6 Å². The van der Waals surface area contributed by atoms with Gasteiger partial charge in [0.15, 0.2) is 0 Å². The molecule has 1 aliphatic carbocycles. The topological polar surface area (TPSA) is 44.4 Å². The first kappa shape index (κ1) is 12.8. The van der Waals surface area contributed by atoms with Gasteiger partial charge in [-0.1, -0.05) is 13.8 Å². The normalized spacial score (nSPS) is 34.5. The molecule has 1 amide bonds. The minimum Gasteiger partial charge on any atom is -0.358 e. The summed E-state index contributed by atoms with van der Waals surface area (Å²) >= 11 is 0. The Balaban J connectivity index is 1.92. The molecule has 2 aliphatic rings. The average Bonchev–Trinajstić information content (AvgIpc) is 2.26. The van der Waals surface area contributed by atoms with E-state index < -0.39 is 0 Å². The van der Waals surface area contributed by atoms with Crippen molar-refractivity contribution in [2.24, 2.45) is 11.8 Å². The standard InChI is InChI=1S/C13H25N3O/c1-9(2)10-6-11(7-10)16-5-4-15-8-12(16)13(17)14-3/h9-12,15H,4-8H2,1-3H3,(H,14,17). The van der Waals surface area contributed by atoms with Gasteiger partial charge in [-0.05, 0) is 24.7 Å². The maximum atomic E-state index is 11.8. The molecule has 0 aromatic carbocycles. The third-order valence-electron chi connectivity index (χ3n) is 4.40. The van der Waals surface area contributed by atoms with Gasteiger partial charge in [0.2, 0.25) is 5.91 Å². The zero-order valence-corrected chi connectivity index (χ0v) is 11.2. The smallest absolute Gasteiger partial charge is 0.238 e. The summed E-state index contributed by atoms with van der Waals surface area (Å²) < 4.78 is 0. The fourth-order valence-electron chi connectivity index (χ4n) is 3.01. The van der Waals surface area contributed by atoms with Crippen LogP contribution in [0.15, 0.2) is 0 Å². The van der Waals surface area contributed by atoms with Crippen molar-refractivity contribution < 1.29 is 4.79 Å². The number of amides is 1. The summed E-state index contributed by atoms with van der Waals surface area (Å²) in [5, 5.41) is 6.10. The number of hydrogen-bond donors (Lipinski definition) is 2. The van der Waals surface area contributed by atoms with E-state index in [0.29, 0.717) is 6.04 Å². The highest BCUT2D eigenvalue weighted by Crippen LogP contribution is 2.37. The number of carbonyl (C=O) groups excluding carboxylic acids is 1. The van der Waals surface area contributed by atoms with Crippen molar-refractivity contribution >= 4 is 5.91 Å². The molecule has 0 spiro atoms. The van der Waals surface area contributed by atoms with Crippen LogP contribution in [-0.2, 0) is 4.79 Å². The summed E-state index contributed by atoms with van der Waals surface area (Å²) in [6, 6.07) is 0.665. The molecule has 4 heteroatoms. The van der Waals surface area contributed by atoms with Gasteiger partial charge >= 0.3 is 0 Å². The Morgan fingerprint density at radius 2 is 2.12 bits per heavy atom. The first-order valence-corrected chi connectivity index (χ1v) is 6.81. The highest BCUT2D eigenvalue weighted by atomic mass is 16.2. The van der Waals surface area contributed by atoms with Crippen molar-refractivity contribution in [2.45, 2.75) is 38.8 Å². The van der Waals surface area contributed by atoms with Crippen LogP contribution in [0.3, 0.4) is 0 Å². The Hall–Kier alpha value is -0.610. The first-order chi connectivity index (χ1) is 8.13. The van der Waals surface area contributed by atoms with Crippen LogP contribution in [0, 0.1) is 11.8 Å². The summed E-state index contributed by atoms with van der Waals surface area (Å²) in [6.07, 6.45) is 2.54. The Morgan fingerprint density at radius 1 is 1.41 bits per heavy atom. The van der Waals surface area contributed by atoms with E-state index in [4.69, 9.17) is 0 Å². The summed E-state index contributed by atoms with van der Waals surface area (Å²) in [6.45, 7) is 7.41. The van der Waals surface area contributed by atoms with Crippen LogP contribution in [-0.4, -0.2) is 49.6 Å². The Morgan fingerprint density at radius 3 is 2.71 bits per heavy atom. The van der Waals surface area contributed by atoms with E-state index in [1.165, 1.54) is 12.8 Å². The summed E-state index contributed by atoms with van der Waals surface area (Å²) in [4.78, 5) is 14.3. The van der Waals surface area contributed by atoms with E-state index in [1.54, 1.807) is 7.05 Å². The summed E-state index contributed by atoms with van der Waals surface area (Å²) in [5.74, 6) is 1.80. The zero-order valence-electron chi connectivity index (χ0n) is 11.2. The number of likely N-dealkylation sites (N-methyl/N-ethyl adjacent to an activating group) is 1. The molecule has 1 atom stereocenters. The van der Waals surface area contributed by atoms with Crippen LogP contribution >= 0.6 is 0 Å². The largest absolute Gasteiger partial charge is 0.358 e. The second kappa shape index (κ2) is 5.36. The lowest BCUT2D eigenvalue weighted by molar-refractivity contribution is -0.129. The van der Waals surface area contributed by atoms with Crippen molar-refractivity contribution in [1.29, 1.82) is 0 Å². The van der Waals surface area contributed by atoms with E-state index in [-0.39, 0.29) is 11.9 Å². The van der Waals surface area contributed by atoms with Crippen molar-refractivity contribution in [2.75, 3.05) is 26.7 Å². The van der Waals surface area contributed by atoms with E-state index >= 15 is 0 Å². The molecule has 4 nitrogen and oxygen atoms in total. The van der Waals surface area contributed by atoms with Crippen molar-refractivity contribution in [3.05, 3.63) is 0 Å². The van der Waals surface area contributed by atoms with Gasteiger partial charge in [0.25, 0.3) is 0 Å². The quantitative estimate of drug-likeness (QED) is 0.751. The molecule has 1 heterocycles. The highest BCUT2D eigenvalue weighted by molar-refractivity contribution is 5.81. The molecule has 1 unspecified atom stereocenters. The van der Waals surface area contributed by atoms with Crippen molar-refractivity contribution in [3.8, 4) is 0 Å². The third kappa shape index (κ3) is 2.63. The van der Waals surface area contributed by atoms with Gasteiger partial charge in [0.05, 0.1) is 0 Å². The van der Waals surface area contributed by atoms with E-state index in [2.05, 4.69) is 29.4 Å².